The summed E-state index contributed by atoms with van der Waals surface area (Å²) in [6.45, 7) is 1.02. The van der Waals surface area contributed by atoms with Crippen LogP contribution in [0.3, 0.4) is 0 Å². The highest BCUT2D eigenvalue weighted by Gasteiger charge is 2.48. The minimum absolute atomic E-state index is 0.334. The molecular weight excluding hydrogens is 170 g/mol. The average Bonchev–Trinajstić information content (AvgIpc) is 2.74. The van der Waals surface area contributed by atoms with E-state index in [2.05, 4.69) is 17.4 Å². The lowest BCUT2D eigenvalue weighted by atomic mass is 10.0. The van der Waals surface area contributed by atoms with Gasteiger partial charge in [0, 0.05) is 17.1 Å². The first-order valence-corrected chi connectivity index (χ1v) is 4.72. The molecule has 0 radical (unpaired) electrons. The van der Waals surface area contributed by atoms with Gasteiger partial charge in [0.05, 0.1) is 0 Å². The van der Waals surface area contributed by atoms with Gasteiger partial charge in [-0.1, -0.05) is 17.7 Å². The predicted molar refractivity (Wildman–Crippen MR) is 49.2 cm³/mol. The summed E-state index contributed by atoms with van der Waals surface area (Å²) in [5.41, 5.74) is 3.20. The highest BCUT2D eigenvalue weighted by molar-refractivity contribution is 6.30. The normalized spacial score (nSPS) is 22.8. The summed E-state index contributed by atoms with van der Waals surface area (Å²) in [5, 5.41) is 4.41. The molecule has 12 heavy (non-hydrogen) atoms. The van der Waals surface area contributed by atoms with E-state index in [0.717, 1.165) is 11.6 Å². The van der Waals surface area contributed by atoms with E-state index in [1.807, 2.05) is 6.07 Å². The van der Waals surface area contributed by atoms with Crippen LogP contribution in [0.1, 0.15) is 24.0 Å². The number of hydrogen-bond acceptors (Lipinski definition) is 1. The molecule has 1 aliphatic carbocycles. The zero-order chi connectivity index (χ0) is 8.18. The van der Waals surface area contributed by atoms with E-state index in [4.69, 9.17) is 11.6 Å². The minimum atomic E-state index is 0.334. The molecule has 62 valence electrons. The first-order valence-electron chi connectivity index (χ1n) is 4.34. The predicted octanol–water partition coefficient (Wildman–Crippen LogP) is 2.43. The van der Waals surface area contributed by atoms with Gasteiger partial charge in [0.2, 0.25) is 0 Å². The van der Waals surface area contributed by atoms with E-state index in [0.29, 0.717) is 5.54 Å². The Labute approximate surface area is 76.7 Å². The van der Waals surface area contributed by atoms with Crippen molar-refractivity contribution in [2.24, 2.45) is 0 Å². The lowest BCUT2D eigenvalue weighted by molar-refractivity contribution is 0.574. The second-order valence-electron chi connectivity index (χ2n) is 3.74. The number of nitrogens with one attached hydrogen (secondary N) is 1. The molecule has 1 aliphatic heterocycles. The van der Waals surface area contributed by atoms with Gasteiger partial charge in [0.25, 0.3) is 0 Å². The molecule has 0 aromatic heterocycles. The van der Waals surface area contributed by atoms with Crippen molar-refractivity contribution in [3.63, 3.8) is 0 Å². The molecule has 0 bridgehead atoms. The maximum atomic E-state index is 5.95. The molecule has 1 heterocycles. The molecule has 0 unspecified atom stereocenters. The van der Waals surface area contributed by atoms with Crippen LogP contribution in [0.5, 0.6) is 0 Å². The van der Waals surface area contributed by atoms with Crippen LogP contribution in [0.15, 0.2) is 18.2 Å². The third-order valence-electron chi connectivity index (χ3n) is 2.95. The maximum absolute atomic E-state index is 5.95. The molecule has 1 aromatic carbocycles. The first kappa shape index (κ1) is 6.93. The SMILES string of the molecule is Clc1ccc2c(c1)C1(CC1)NC2. The third-order valence-corrected chi connectivity index (χ3v) is 3.19. The van der Waals surface area contributed by atoms with Crippen molar-refractivity contribution in [2.75, 3.05) is 0 Å². The summed E-state index contributed by atoms with van der Waals surface area (Å²) >= 11 is 5.95. The van der Waals surface area contributed by atoms with Crippen molar-refractivity contribution in [1.29, 1.82) is 0 Å². The highest BCUT2D eigenvalue weighted by atomic mass is 35.5. The van der Waals surface area contributed by atoms with Crippen LogP contribution in [0.25, 0.3) is 0 Å². The van der Waals surface area contributed by atoms with Crippen molar-refractivity contribution in [3.05, 3.63) is 34.3 Å². The smallest absolute Gasteiger partial charge is 0.0442 e. The standard InChI is InChI=1S/C10H10ClN/c11-8-2-1-7-6-12-10(3-4-10)9(7)5-8/h1-2,5,12H,3-4,6H2. The summed E-state index contributed by atoms with van der Waals surface area (Å²) in [4.78, 5) is 0. The van der Waals surface area contributed by atoms with E-state index in [1.54, 1.807) is 0 Å². The van der Waals surface area contributed by atoms with Crippen LogP contribution in [-0.4, -0.2) is 0 Å². The molecule has 1 saturated carbocycles. The van der Waals surface area contributed by atoms with Crippen LogP contribution in [0.2, 0.25) is 5.02 Å². The first-order chi connectivity index (χ1) is 5.80. The largest absolute Gasteiger partial charge is 0.303 e. The van der Waals surface area contributed by atoms with Crippen molar-refractivity contribution in [1.82, 2.24) is 5.32 Å². The molecule has 0 atom stereocenters. The molecule has 3 rings (SSSR count). The van der Waals surface area contributed by atoms with Crippen molar-refractivity contribution in [3.8, 4) is 0 Å². The Kier molecular flexibility index (Phi) is 1.18. The summed E-state index contributed by atoms with van der Waals surface area (Å²) in [5.74, 6) is 0. The molecule has 2 aliphatic rings. The topological polar surface area (TPSA) is 12.0 Å². The van der Waals surface area contributed by atoms with E-state index in [-0.39, 0.29) is 0 Å². The zero-order valence-electron chi connectivity index (χ0n) is 6.73. The molecule has 1 nitrogen and oxygen atoms in total. The van der Waals surface area contributed by atoms with E-state index >= 15 is 0 Å². The molecule has 1 spiro atoms. The average molecular weight is 180 g/mol. The lowest BCUT2D eigenvalue weighted by Gasteiger charge is -2.07. The fraction of sp³-hybridized carbons (Fsp3) is 0.400. The van der Waals surface area contributed by atoms with Gasteiger partial charge in [-0.05, 0) is 36.1 Å². The maximum Gasteiger partial charge on any atom is 0.0442 e. The summed E-state index contributed by atoms with van der Waals surface area (Å²) < 4.78 is 0. The molecule has 1 N–H and O–H groups in total. The van der Waals surface area contributed by atoms with Crippen LogP contribution in [-0.2, 0) is 12.1 Å². The van der Waals surface area contributed by atoms with E-state index in [9.17, 15) is 0 Å². The number of fused-ring (bicyclic) bond motifs is 2. The van der Waals surface area contributed by atoms with Crippen LogP contribution >= 0.6 is 11.6 Å². The summed E-state index contributed by atoms with van der Waals surface area (Å²) in [7, 11) is 0. The van der Waals surface area contributed by atoms with Gasteiger partial charge in [0.1, 0.15) is 0 Å². The van der Waals surface area contributed by atoms with Crippen molar-refractivity contribution < 1.29 is 0 Å². The fourth-order valence-electron chi connectivity index (χ4n) is 2.08. The van der Waals surface area contributed by atoms with Gasteiger partial charge in [-0.3, -0.25) is 0 Å². The molecular formula is C10H10ClN. The van der Waals surface area contributed by atoms with Gasteiger partial charge in [-0.2, -0.15) is 0 Å². The number of hydrogen-bond donors (Lipinski definition) is 1. The van der Waals surface area contributed by atoms with Gasteiger partial charge in [-0.15, -0.1) is 0 Å². The van der Waals surface area contributed by atoms with Crippen molar-refractivity contribution in [2.45, 2.75) is 24.9 Å². The Morgan fingerprint density at radius 1 is 1.33 bits per heavy atom. The van der Waals surface area contributed by atoms with Gasteiger partial charge < -0.3 is 5.32 Å². The van der Waals surface area contributed by atoms with E-state index < -0.39 is 0 Å². The van der Waals surface area contributed by atoms with Gasteiger partial charge in [-0.25, -0.2) is 0 Å². The lowest BCUT2D eigenvalue weighted by Crippen LogP contribution is -2.19. The molecule has 2 heteroatoms. The second kappa shape index (κ2) is 2.04. The van der Waals surface area contributed by atoms with Gasteiger partial charge in [0.15, 0.2) is 0 Å². The Bertz CT molecular complexity index is 342. The van der Waals surface area contributed by atoms with Crippen LogP contribution in [0, 0.1) is 0 Å². The Morgan fingerprint density at radius 2 is 2.17 bits per heavy atom. The molecule has 1 fully saturated rings. The molecule has 1 aromatic rings. The Hall–Kier alpha value is -0.530. The quantitative estimate of drug-likeness (QED) is 0.645. The molecule has 0 saturated heterocycles. The minimum Gasteiger partial charge on any atom is -0.303 e. The second-order valence-corrected chi connectivity index (χ2v) is 4.17. The van der Waals surface area contributed by atoms with Crippen molar-refractivity contribution >= 4 is 11.6 Å². The van der Waals surface area contributed by atoms with Crippen LogP contribution in [0.4, 0.5) is 0 Å². The van der Waals surface area contributed by atoms with Crippen LogP contribution < -0.4 is 5.32 Å². The highest BCUT2D eigenvalue weighted by Crippen LogP contribution is 2.50. The number of benzene rings is 1. The number of halogens is 1. The summed E-state index contributed by atoms with van der Waals surface area (Å²) in [6.07, 6.45) is 2.56. The Balaban J connectivity index is 2.20. The summed E-state index contributed by atoms with van der Waals surface area (Å²) in [6, 6.07) is 6.23. The molecule has 0 amide bonds. The number of rotatable bonds is 0. The Morgan fingerprint density at radius 3 is 2.92 bits per heavy atom. The monoisotopic (exact) mass is 179 g/mol. The zero-order valence-corrected chi connectivity index (χ0v) is 7.49. The van der Waals surface area contributed by atoms with Gasteiger partial charge >= 0.3 is 0 Å². The third kappa shape index (κ3) is 0.782. The van der Waals surface area contributed by atoms with E-state index in [1.165, 1.54) is 24.0 Å². The fourth-order valence-corrected chi connectivity index (χ4v) is 2.25.